The largest absolute Gasteiger partial charge is 0.383 e. The Morgan fingerprint density at radius 3 is 3.00 bits per heavy atom. The van der Waals surface area contributed by atoms with Crippen LogP contribution < -0.4 is 11.3 Å². The zero-order chi connectivity index (χ0) is 12.7. The van der Waals surface area contributed by atoms with Gasteiger partial charge in [-0.2, -0.15) is 0 Å². The maximum Gasteiger partial charge on any atom is 0.253 e. The third-order valence-corrected chi connectivity index (χ3v) is 3.10. The number of nitrogens with zero attached hydrogens (tertiary/aromatic N) is 1. The van der Waals surface area contributed by atoms with Crippen LogP contribution in [0.1, 0.15) is 12.8 Å². The number of hydrogen-bond acceptors (Lipinski definition) is 5. The molecule has 1 aliphatic rings. The maximum absolute atomic E-state index is 11.6. The van der Waals surface area contributed by atoms with Gasteiger partial charge in [-0.1, -0.05) is 0 Å². The fourth-order valence-corrected chi connectivity index (χ4v) is 2.14. The highest BCUT2D eigenvalue weighted by Crippen LogP contribution is 2.15. The quantitative estimate of drug-likeness (QED) is 0.369. The molecule has 0 spiro atoms. The van der Waals surface area contributed by atoms with E-state index in [0.717, 1.165) is 32.6 Å². The van der Waals surface area contributed by atoms with E-state index >= 15 is 0 Å². The van der Waals surface area contributed by atoms with Crippen LogP contribution in [0.3, 0.4) is 0 Å². The summed E-state index contributed by atoms with van der Waals surface area (Å²) in [5.41, 5.74) is 2.18. The summed E-state index contributed by atoms with van der Waals surface area (Å²) in [6, 6.07) is -0.341. The van der Waals surface area contributed by atoms with E-state index in [-0.39, 0.29) is 11.9 Å². The molecule has 0 aromatic carbocycles. The highest BCUT2D eigenvalue weighted by molar-refractivity contribution is 5.81. The van der Waals surface area contributed by atoms with Crippen LogP contribution in [0, 0.1) is 5.92 Å². The Morgan fingerprint density at radius 1 is 1.71 bits per heavy atom. The molecular weight excluding hydrogens is 222 g/mol. The van der Waals surface area contributed by atoms with Crippen LogP contribution in [-0.2, 0) is 14.3 Å². The Kier molecular flexibility index (Phi) is 6.43. The van der Waals surface area contributed by atoms with Gasteiger partial charge in [-0.3, -0.25) is 15.1 Å². The van der Waals surface area contributed by atoms with E-state index in [1.54, 1.807) is 7.11 Å². The average molecular weight is 245 g/mol. The number of nitrogens with one attached hydrogen (secondary N) is 1. The van der Waals surface area contributed by atoms with Crippen LogP contribution >= 0.6 is 0 Å². The zero-order valence-corrected chi connectivity index (χ0v) is 10.6. The van der Waals surface area contributed by atoms with E-state index in [1.807, 2.05) is 11.9 Å². The van der Waals surface area contributed by atoms with Crippen molar-refractivity contribution in [2.24, 2.45) is 11.8 Å². The Bertz CT molecular complexity index is 232. The monoisotopic (exact) mass is 245 g/mol. The molecule has 0 radical (unpaired) electrons. The van der Waals surface area contributed by atoms with Crippen LogP contribution in [0.5, 0.6) is 0 Å². The van der Waals surface area contributed by atoms with Gasteiger partial charge >= 0.3 is 0 Å². The van der Waals surface area contributed by atoms with Gasteiger partial charge in [-0.05, 0) is 25.8 Å². The Balaban J connectivity index is 2.45. The number of nitrogens with two attached hydrogens (primary N) is 1. The number of hydrazine groups is 1. The molecule has 6 nitrogen and oxygen atoms in total. The van der Waals surface area contributed by atoms with E-state index < -0.39 is 0 Å². The van der Waals surface area contributed by atoms with Crippen molar-refractivity contribution in [1.29, 1.82) is 0 Å². The predicted octanol–water partition coefficient (Wildman–Crippen LogP) is -0.650. The van der Waals surface area contributed by atoms with Gasteiger partial charge in [0.1, 0.15) is 6.04 Å². The third-order valence-electron chi connectivity index (χ3n) is 3.10. The summed E-state index contributed by atoms with van der Waals surface area (Å²) in [4.78, 5) is 13.6. The van der Waals surface area contributed by atoms with E-state index in [2.05, 4.69) is 5.43 Å². The normalized spacial score (nSPS) is 22.5. The summed E-state index contributed by atoms with van der Waals surface area (Å²) in [7, 11) is 3.49. The lowest BCUT2D eigenvalue weighted by Gasteiger charge is -2.31. The van der Waals surface area contributed by atoms with E-state index in [9.17, 15) is 4.79 Å². The van der Waals surface area contributed by atoms with Crippen molar-refractivity contribution in [3.8, 4) is 0 Å². The van der Waals surface area contributed by atoms with Crippen molar-refractivity contribution in [2.45, 2.75) is 18.9 Å². The van der Waals surface area contributed by atoms with Crippen molar-refractivity contribution in [3.05, 3.63) is 0 Å². The number of carbonyl (C=O) groups is 1. The van der Waals surface area contributed by atoms with E-state index in [0.29, 0.717) is 12.5 Å². The molecular formula is C11H23N3O3. The summed E-state index contributed by atoms with van der Waals surface area (Å²) in [6.45, 7) is 2.79. The van der Waals surface area contributed by atoms with Crippen LogP contribution in [0.25, 0.3) is 0 Å². The van der Waals surface area contributed by atoms with E-state index in [4.69, 9.17) is 15.3 Å². The van der Waals surface area contributed by atoms with Gasteiger partial charge in [0.2, 0.25) is 0 Å². The molecule has 1 aliphatic heterocycles. The highest BCUT2D eigenvalue weighted by atomic mass is 16.5. The van der Waals surface area contributed by atoms with Gasteiger partial charge in [-0.15, -0.1) is 0 Å². The van der Waals surface area contributed by atoms with Gasteiger partial charge in [0.15, 0.2) is 0 Å². The lowest BCUT2D eigenvalue weighted by atomic mass is 10.0. The van der Waals surface area contributed by atoms with Crippen LogP contribution in [0.2, 0.25) is 0 Å². The fourth-order valence-electron chi connectivity index (χ4n) is 2.14. The minimum Gasteiger partial charge on any atom is -0.383 e. The third kappa shape index (κ3) is 4.59. The Labute approximate surface area is 102 Å². The van der Waals surface area contributed by atoms with Gasteiger partial charge in [0, 0.05) is 20.3 Å². The SMILES string of the molecule is COCC(C(=O)NN)N(C)CC1CCCOC1. The smallest absolute Gasteiger partial charge is 0.253 e. The number of hydrogen-bond donors (Lipinski definition) is 2. The van der Waals surface area contributed by atoms with Gasteiger partial charge in [0.05, 0.1) is 13.2 Å². The first-order valence-corrected chi connectivity index (χ1v) is 5.96. The topological polar surface area (TPSA) is 76.8 Å². The zero-order valence-electron chi connectivity index (χ0n) is 10.6. The predicted molar refractivity (Wildman–Crippen MR) is 64.2 cm³/mol. The first kappa shape index (κ1) is 14.4. The number of amides is 1. The van der Waals surface area contributed by atoms with Crippen molar-refractivity contribution >= 4 is 5.91 Å². The van der Waals surface area contributed by atoms with Crippen molar-refractivity contribution in [2.75, 3.05) is 40.5 Å². The lowest BCUT2D eigenvalue weighted by molar-refractivity contribution is -0.128. The molecule has 17 heavy (non-hydrogen) atoms. The first-order chi connectivity index (χ1) is 8.19. The van der Waals surface area contributed by atoms with Gasteiger partial charge < -0.3 is 9.47 Å². The summed E-state index contributed by atoms with van der Waals surface area (Å²) < 4.78 is 10.5. The second kappa shape index (κ2) is 7.60. The lowest BCUT2D eigenvalue weighted by Crippen LogP contribution is -2.51. The van der Waals surface area contributed by atoms with Gasteiger partial charge in [-0.25, -0.2) is 5.84 Å². The number of carbonyl (C=O) groups excluding carboxylic acids is 1. The minimum absolute atomic E-state index is 0.217. The summed E-state index contributed by atoms with van der Waals surface area (Å²) in [5.74, 6) is 5.44. The molecule has 1 saturated heterocycles. The number of ether oxygens (including phenoxy) is 2. The minimum atomic E-state index is -0.341. The molecule has 3 N–H and O–H groups in total. The molecule has 2 unspecified atom stereocenters. The standard InChI is InChI=1S/C11H23N3O3/c1-14(6-9-4-3-5-17-7-9)10(8-16-2)11(15)13-12/h9-10H,3-8,12H2,1-2H3,(H,13,15). The molecule has 0 aliphatic carbocycles. The maximum atomic E-state index is 11.6. The van der Waals surface area contributed by atoms with Crippen LogP contribution in [0.4, 0.5) is 0 Å². The molecule has 1 amide bonds. The first-order valence-electron chi connectivity index (χ1n) is 5.96. The molecule has 2 atom stereocenters. The van der Waals surface area contributed by atoms with Crippen molar-refractivity contribution in [3.63, 3.8) is 0 Å². The summed E-state index contributed by atoms with van der Waals surface area (Å²) >= 11 is 0. The second-order valence-corrected chi connectivity index (χ2v) is 4.50. The molecule has 6 heteroatoms. The fraction of sp³-hybridized carbons (Fsp3) is 0.909. The average Bonchev–Trinajstić information content (AvgIpc) is 2.36. The molecule has 1 fully saturated rings. The molecule has 0 bridgehead atoms. The molecule has 100 valence electrons. The van der Waals surface area contributed by atoms with Crippen molar-refractivity contribution < 1.29 is 14.3 Å². The van der Waals surface area contributed by atoms with Crippen LogP contribution in [0.15, 0.2) is 0 Å². The number of rotatable bonds is 6. The van der Waals surface area contributed by atoms with Crippen LogP contribution in [-0.4, -0.2) is 57.4 Å². The molecule has 1 rings (SSSR count). The Hall–Kier alpha value is -0.690. The molecule has 0 aromatic rings. The summed E-state index contributed by atoms with van der Waals surface area (Å²) in [5, 5.41) is 0. The summed E-state index contributed by atoms with van der Waals surface area (Å²) in [6.07, 6.45) is 2.24. The second-order valence-electron chi connectivity index (χ2n) is 4.50. The van der Waals surface area contributed by atoms with E-state index in [1.165, 1.54) is 0 Å². The Morgan fingerprint density at radius 2 is 2.47 bits per heavy atom. The molecule has 0 aromatic heterocycles. The number of likely N-dealkylation sites (N-methyl/N-ethyl adjacent to an activating group) is 1. The molecule has 0 saturated carbocycles. The molecule has 1 heterocycles. The van der Waals surface area contributed by atoms with Crippen molar-refractivity contribution in [1.82, 2.24) is 10.3 Å². The number of methoxy groups -OCH3 is 1. The highest BCUT2D eigenvalue weighted by Gasteiger charge is 2.25. The van der Waals surface area contributed by atoms with Gasteiger partial charge in [0.25, 0.3) is 5.91 Å².